The fourth-order valence-corrected chi connectivity index (χ4v) is 2.57. The summed E-state index contributed by atoms with van der Waals surface area (Å²) in [4.78, 5) is 27.3. The lowest BCUT2D eigenvalue weighted by atomic mass is 10.1. The molecule has 2 aromatic heterocycles. The molecule has 0 spiro atoms. The zero-order chi connectivity index (χ0) is 17.3. The summed E-state index contributed by atoms with van der Waals surface area (Å²) >= 11 is 0. The molecule has 0 radical (unpaired) electrons. The second kappa shape index (κ2) is 5.87. The molecular weight excluding hydrogens is 336 g/mol. The standard InChI is InChI=1S/C15H10N2O6S/c18-13-5-4-9-2-1-3-11(14(9)23-13)15(19)17-10-6-7-16-12(8-10)24(20,21)22/h1-8H,(H,16,17,19)(H,20,21,22). The molecule has 2 heterocycles. The van der Waals surface area contributed by atoms with Crippen molar-refractivity contribution >= 4 is 32.7 Å². The Morgan fingerprint density at radius 3 is 2.71 bits per heavy atom. The average molecular weight is 346 g/mol. The zero-order valence-corrected chi connectivity index (χ0v) is 12.8. The largest absolute Gasteiger partial charge is 0.422 e. The number of anilines is 1. The molecule has 1 aromatic carbocycles. The lowest BCUT2D eigenvalue weighted by molar-refractivity contribution is 0.102. The van der Waals surface area contributed by atoms with Gasteiger partial charge in [0.1, 0.15) is 0 Å². The van der Waals surface area contributed by atoms with Crippen molar-refractivity contribution in [3.63, 3.8) is 0 Å². The Bertz CT molecular complexity index is 1100. The number of rotatable bonds is 3. The van der Waals surface area contributed by atoms with Gasteiger partial charge in [0.25, 0.3) is 5.91 Å². The number of aromatic nitrogens is 1. The van der Waals surface area contributed by atoms with E-state index in [9.17, 15) is 18.0 Å². The van der Waals surface area contributed by atoms with E-state index in [1.54, 1.807) is 12.1 Å². The third kappa shape index (κ3) is 3.16. The molecule has 24 heavy (non-hydrogen) atoms. The van der Waals surface area contributed by atoms with Gasteiger partial charge in [-0.2, -0.15) is 8.42 Å². The summed E-state index contributed by atoms with van der Waals surface area (Å²) in [6.45, 7) is 0. The molecule has 0 aliphatic carbocycles. The first-order valence-electron chi connectivity index (χ1n) is 6.62. The summed E-state index contributed by atoms with van der Waals surface area (Å²) in [5.74, 6) is -0.609. The Balaban J connectivity index is 2.00. The summed E-state index contributed by atoms with van der Waals surface area (Å²) in [6, 6.07) is 9.89. The van der Waals surface area contributed by atoms with Crippen LogP contribution in [-0.4, -0.2) is 23.9 Å². The zero-order valence-electron chi connectivity index (χ0n) is 12.0. The highest BCUT2D eigenvalue weighted by molar-refractivity contribution is 7.85. The Morgan fingerprint density at radius 1 is 1.17 bits per heavy atom. The topological polar surface area (TPSA) is 127 Å². The molecule has 122 valence electrons. The second-order valence-electron chi connectivity index (χ2n) is 4.79. The molecule has 0 aliphatic heterocycles. The van der Waals surface area contributed by atoms with Crippen molar-refractivity contribution in [1.82, 2.24) is 4.98 Å². The summed E-state index contributed by atoms with van der Waals surface area (Å²) in [7, 11) is -4.49. The van der Waals surface area contributed by atoms with Crippen molar-refractivity contribution < 1.29 is 22.2 Å². The van der Waals surface area contributed by atoms with Crippen LogP contribution in [0.2, 0.25) is 0 Å². The lowest BCUT2D eigenvalue weighted by Gasteiger charge is -2.07. The monoisotopic (exact) mass is 346 g/mol. The van der Waals surface area contributed by atoms with E-state index < -0.39 is 26.7 Å². The van der Waals surface area contributed by atoms with Gasteiger partial charge in [0.15, 0.2) is 10.6 Å². The van der Waals surface area contributed by atoms with Gasteiger partial charge in [-0.05, 0) is 18.2 Å². The molecule has 3 aromatic rings. The van der Waals surface area contributed by atoms with Gasteiger partial charge in [-0.1, -0.05) is 12.1 Å². The predicted octanol–water partition coefficient (Wildman–Crippen LogP) is 1.69. The van der Waals surface area contributed by atoms with Crippen molar-refractivity contribution in [3.05, 3.63) is 64.6 Å². The maximum Gasteiger partial charge on any atom is 0.336 e. The number of nitrogens with one attached hydrogen (secondary N) is 1. The number of carbonyl (C=O) groups excluding carboxylic acids is 1. The van der Waals surface area contributed by atoms with Crippen LogP contribution in [0, 0.1) is 0 Å². The van der Waals surface area contributed by atoms with Crippen molar-refractivity contribution in [1.29, 1.82) is 0 Å². The molecule has 9 heteroatoms. The van der Waals surface area contributed by atoms with Gasteiger partial charge in [0.2, 0.25) is 0 Å². The number of amides is 1. The van der Waals surface area contributed by atoms with Crippen LogP contribution in [0.15, 0.2) is 62.9 Å². The molecule has 1 amide bonds. The number of benzene rings is 1. The summed E-state index contributed by atoms with van der Waals surface area (Å²) in [6.07, 6.45) is 1.13. The van der Waals surface area contributed by atoms with E-state index in [4.69, 9.17) is 8.97 Å². The molecule has 0 saturated heterocycles. The summed E-state index contributed by atoms with van der Waals surface area (Å²) < 4.78 is 36.2. The van der Waals surface area contributed by atoms with Crippen LogP contribution in [-0.2, 0) is 10.1 Å². The Hall–Kier alpha value is -3.04. The van der Waals surface area contributed by atoms with E-state index in [2.05, 4.69) is 10.3 Å². The van der Waals surface area contributed by atoms with Crippen LogP contribution in [0.4, 0.5) is 5.69 Å². The molecule has 0 saturated carbocycles. The van der Waals surface area contributed by atoms with Gasteiger partial charge in [-0.15, -0.1) is 0 Å². The van der Waals surface area contributed by atoms with E-state index in [-0.39, 0.29) is 16.8 Å². The molecular formula is C15H10N2O6S. The van der Waals surface area contributed by atoms with Gasteiger partial charge in [0, 0.05) is 29.4 Å². The third-order valence-electron chi connectivity index (χ3n) is 3.15. The minimum Gasteiger partial charge on any atom is -0.422 e. The quantitative estimate of drug-likeness (QED) is 0.546. The van der Waals surface area contributed by atoms with E-state index in [1.807, 2.05) is 0 Å². The molecule has 0 fully saturated rings. The summed E-state index contributed by atoms with van der Waals surface area (Å²) in [5, 5.41) is 2.44. The first-order valence-corrected chi connectivity index (χ1v) is 8.06. The first kappa shape index (κ1) is 15.8. The minimum atomic E-state index is -4.49. The first-order chi connectivity index (χ1) is 11.3. The Morgan fingerprint density at radius 2 is 1.96 bits per heavy atom. The maximum atomic E-state index is 12.4. The van der Waals surface area contributed by atoms with Crippen LogP contribution in [0.1, 0.15) is 10.4 Å². The van der Waals surface area contributed by atoms with Gasteiger partial charge < -0.3 is 9.73 Å². The van der Waals surface area contributed by atoms with E-state index in [1.165, 1.54) is 24.3 Å². The molecule has 2 N–H and O–H groups in total. The fraction of sp³-hybridized carbons (Fsp3) is 0. The van der Waals surface area contributed by atoms with E-state index >= 15 is 0 Å². The highest BCUT2D eigenvalue weighted by atomic mass is 32.2. The van der Waals surface area contributed by atoms with Gasteiger partial charge in [0.05, 0.1) is 5.56 Å². The number of fused-ring (bicyclic) bond motifs is 1. The average Bonchev–Trinajstić information content (AvgIpc) is 2.53. The normalized spacial score (nSPS) is 11.4. The van der Waals surface area contributed by atoms with Crippen molar-refractivity contribution in [3.8, 4) is 0 Å². The minimum absolute atomic E-state index is 0.107. The van der Waals surface area contributed by atoms with Gasteiger partial charge in [-0.3, -0.25) is 9.35 Å². The Kier molecular flexibility index (Phi) is 3.87. The van der Waals surface area contributed by atoms with Crippen molar-refractivity contribution in [2.75, 3.05) is 5.32 Å². The smallest absolute Gasteiger partial charge is 0.336 e. The van der Waals surface area contributed by atoms with Crippen LogP contribution >= 0.6 is 0 Å². The molecule has 0 bridgehead atoms. The van der Waals surface area contributed by atoms with Crippen LogP contribution in [0.25, 0.3) is 11.0 Å². The number of carbonyl (C=O) groups is 1. The third-order valence-corrected chi connectivity index (χ3v) is 3.90. The van der Waals surface area contributed by atoms with Crippen LogP contribution in [0.5, 0.6) is 0 Å². The maximum absolute atomic E-state index is 12.4. The van der Waals surface area contributed by atoms with Crippen LogP contribution < -0.4 is 10.9 Å². The van der Waals surface area contributed by atoms with E-state index in [0.29, 0.717) is 5.39 Å². The Labute approximate surface area is 135 Å². The molecule has 8 nitrogen and oxygen atoms in total. The molecule has 0 aliphatic rings. The highest BCUT2D eigenvalue weighted by Gasteiger charge is 2.15. The fourth-order valence-electron chi connectivity index (χ4n) is 2.10. The number of hydrogen-bond donors (Lipinski definition) is 2. The van der Waals surface area contributed by atoms with Crippen molar-refractivity contribution in [2.24, 2.45) is 0 Å². The lowest BCUT2D eigenvalue weighted by Crippen LogP contribution is -2.14. The van der Waals surface area contributed by atoms with E-state index in [0.717, 1.165) is 12.3 Å². The molecule has 3 rings (SSSR count). The van der Waals surface area contributed by atoms with Gasteiger partial charge >= 0.3 is 15.7 Å². The molecule has 0 atom stereocenters. The number of pyridine rings is 1. The number of nitrogens with zero attached hydrogens (tertiary/aromatic N) is 1. The summed E-state index contributed by atoms with van der Waals surface area (Å²) in [5.41, 5.74) is -0.264. The SMILES string of the molecule is O=C(Nc1ccnc(S(=O)(=O)O)c1)c1cccc2ccc(=O)oc12. The molecule has 0 unspecified atom stereocenters. The predicted molar refractivity (Wildman–Crippen MR) is 84.5 cm³/mol. The van der Waals surface area contributed by atoms with Gasteiger partial charge in [-0.25, -0.2) is 9.78 Å². The number of hydrogen-bond acceptors (Lipinski definition) is 6. The van der Waals surface area contributed by atoms with Crippen LogP contribution in [0.3, 0.4) is 0 Å². The highest BCUT2D eigenvalue weighted by Crippen LogP contribution is 2.19. The van der Waals surface area contributed by atoms with Crippen molar-refractivity contribution in [2.45, 2.75) is 5.03 Å². The number of para-hydroxylation sites is 1. The second-order valence-corrected chi connectivity index (χ2v) is 6.16.